The van der Waals surface area contributed by atoms with E-state index >= 15 is 0 Å². The van der Waals surface area contributed by atoms with E-state index in [0.717, 1.165) is 25.6 Å². The molecule has 1 saturated heterocycles. The largest absolute Gasteiger partial charge is 0.444 e. The molecule has 1 heterocycles. The van der Waals surface area contributed by atoms with E-state index in [2.05, 4.69) is 17.1 Å². The van der Waals surface area contributed by atoms with Gasteiger partial charge in [0, 0.05) is 33.2 Å². The molecule has 1 saturated carbocycles. The molecule has 1 spiro atoms. The van der Waals surface area contributed by atoms with Crippen molar-refractivity contribution in [2.45, 2.75) is 59.0 Å². The second-order valence-electron chi connectivity index (χ2n) is 8.16. The van der Waals surface area contributed by atoms with E-state index in [0.29, 0.717) is 18.5 Å². The Labute approximate surface area is 169 Å². The van der Waals surface area contributed by atoms with Crippen LogP contribution in [0.2, 0.25) is 0 Å². The number of nitrogens with zero attached hydrogens (tertiary/aromatic N) is 3. The molecule has 25 heavy (non-hydrogen) atoms. The molecule has 1 aliphatic carbocycles. The van der Waals surface area contributed by atoms with Crippen molar-refractivity contribution in [3.63, 3.8) is 0 Å². The van der Waals surface area contributed by atoms with Gasteiger partial charge in [-0.3, -0.25) is 4.99 Å². The van der Waals surface area contributed by atoms with Gasteiger partial charge >= 0.3 is 6.09 Å². The lowest BCUT2D eigenvalue weighted by Gasteiger charge is -2.38. The van der Waals surface area contributed by atoms with Crippen molar-refractivity contribution in [3.05, 3.63) is 0 Å². The molecule has 1 amide bonds. The second-order valence-corrected chi connectivity index (χ2v) is 8.16. The third-order valence-corrected chi connectivity index (χ3v) is 4.89. The first-order valence-corrected chi connectivity index (χ1v) is 9.22. The standard InChI is InChI=1S/C18H34N4O2.HI/c1-6-19-15(22-12-10-18(14-22)8-7-9-18)20-11-13-21(5)16(23)24-17(2,3)4;/h6-14H2,1-5H3,(H,19,20);1H. The number of carbonyl (C=O) groups excluding carboxylic acids is 1. The summed E-state index contributed by atoms with van der Waals surface area (Å²) < 4.78 is 5.37. The highest BCUT2D eigenvalue weighted by molar-refractivity contribution is 14.0. The van der Waals surface area contributed by atoms with Crippen LogP contribution in [0.15, 0.2) is 4.99 Å². The number of rotatable bonds is 4. The number of hydrogen-bond donors (Lipinski definition) is 1. The molecule has 0 bridgehead atoms. The summed E-state index contributed by atoms with van der Waals surface area (Å²) in [4.78, 5) is 20.7. The lowest BCUT2D eigenvalue weighted by Crippen LogP contribution is -2.43. The van der Waals surface area contributed by atoms with Crippen molar-refractivity contribution in [3.8, 4) is 0 Å². The predicted molar refractivity (Wildman–Crippen MR) is 113 cm³/mol. The fraction of sp³-hybridized carbons (Fsp3) is 0.889. The van der Waals surface area contributed by atoms with Crippen LogP contribution in [-0.2, 0) is 4.74 Å². The zero-order chi connectivity index (χ0) is 17.8. The van der Waals surface area contributed by atoms with E-state index in [4.69, 9.17) is 9.73 Å². The Morgan fingerprint density at radius 1 is 1.32 bits per heavy atom. The van der Waals surface area contributed by atoms with Crippen LogP contribution in [0.4, 0.5) is 4.79 Å². The van der Waals surface area contributed by atoms with Crippen molar-refractivity contribution in [1.29, 1.82) is 0 Å². The van der Waals surface area contributed by atoms with Gasteiger partial charge in [0.2, 0.25) is 0 Å². The summed E-state index contributed by atoms with van der Waals surface area (Å²) in [5, 5.41) is 3.39. The molecular weight excluding hydrogens is 431 g/mol. The third-order valence-electron chi connectivity index (χ3n) is 4.89. The van der Waals surface area contributed by atoms with Crippen LogP contribution < -0.4 is 5.32 Å². The molecule has 0 aromatic rings. The molecule has 0 aromatic carbocycles. The summed E-state index contributed by atoms with van der Waals surface area (Å²) in [5.41, 5.74) is 0.0969. The minimum Gasteiger partial charge on any atom is -0.444 e. The molecule has 0 aromatic heterocycles. The molecule has 0 unspecified atom stereocenters. The van der Waals surface area contributed by atoms with Gasteiger partial charge in [0.1, 0.15) is 5.60 Å². The maximum atomic E-state index is 12.0. The molecule has 2 aliphatic rings. The first kappa shape index (κ1) is 22.3. The number of halogens is 1. The quantitative estimate of drug-likeness (QED) is 0.393. The second kappa shape index (κ2) is 9.28. The van der Waals surface area contributed by atoms with Gasteiger partial charge in [-0.25, -0.2) is 4.79 Å². The molecule has 2 fully saturated rings. The Balaban J connectivity index is 0.00000312. The minimum atomic E-state index is -0.462. The summed E-state index contributed by atoms with van der Waals surface area (Å²) in [6, 6.07) is 0. The molecule has 1 aliphatic heterocycles. The van der Waals surface area contributed by atoms with Crippen molar-refractivity contribution in [1.82, 2.24) is 15.1 Å². The SMILES string of the molecule is CCNC(=NCCN(C)C(=O)OC(C)(C)C)N1CCC2(CCC2)C1.I. The van der Waals surface area contributed by atoms with Crippen molar-refractivity contribution in [2.75, 3.05) is 39.8 Å². The number of hydrogen-bond acceptors (Lipinski definition) is 3. The Morgan fingerprint density at radius 2 is 2.00 bits per heavy atom. The summed E-state index contributed by atoms with van der Waals surface area (Å²) >= 11 is 0. The Bertz CT molecular complexity index is 472. The zero-order valence-corrected chi connectivity index (χ0v) is 18.8. The molecule has 7 heteroatoms. The average molecular weight is 466 g/mol. The van der Waals surface area contributed by atoms with E-state index in [-0.39, 0.29) is 30.1 Å². The fourth-order valence-corrected chi connectivity index (χ4v) is 3.36. The number of aliphatic imine (C=N–C) groups is 1. The first-order chi connectivity index (χ1) is 11.2. The van der Waals surface area contributed by atoms with Gasteiger partial charge < -0.3 is 19.9 Å². The van der Waals surface area contributed by atoms with Gasteiger partial charge in [0.15, 0.2) is 5.96 Å². The van der Waals surface area contributed by atoms with Crippen LogP contribution in [0.25, 0.3) is 0 Å². The minimum absolute atomic E-state index is 0. The fourth-order valence-electron chi connectivity index (χ4n) is 3.36. The normalized spacial score (nSPS) is 19.2. The van der Waals surface area contributed by atoms with E-state index in [1.165, 1.54) is 25.7 Å². The Kier molecular flexibility index (Phi) is 8.28. The first-order valence-electron chi connectivity index (χ1n) is 9.22. The molecule has 1 N–H and O–H groups in total. The van der Waals surface area contributed by atoms with Gasteiger partial charge in [0.25, 0.3) is 0 Å². The predicted octanol–water partition coefficient (Wildman–Crippen LogP) is 3.31. The van der Waals surface area contributed by atoms with Crippen LogP contribution in [0.1, 0.15) is 53.4 Å². The van der Waals surface area contributed by atoms with Crippen LogP contribution >= 0.6 is 24.0 Å². The maximum absolute atomic E-state index is 12.0. The highest BCUT2D eigenvalue weighted by Gasteiger charge is 2.43. The van der Waals surface area contributed by atoms with Crippen LogP contribution in [0.3, 0.4) is 0 Å². The number of nitrogens with one attached hydrogen (secondary N) is 1. The van der Waals surface area contributed by atoms with Crippen molar-refractivity contribution in [2.24, 2.45) is 10.4 Å². The summed E-state index contributed by atoms with van der Waals surface area (Å²) in [6.45, 7) is 12.0. The lowest BCUT2D eigenvalue weighted by atomic mass is 9.68. The summed E-state index contributed by atoms with van der Waals surface area (Å²) in [5.74, 6) is 0.985. The molecule has 146 valence electrons. The van der Waals surface area contributed by atoms with Gasteiger partial charge in [-0.15, -0.1) is 24.0 Å². The Hall–Kier alpha value is -0.730. The zero-order valence-electron chi connectivity index (χ0n) is 16.4. The highest BCUT2D eigenvalue weighted by atomic mass is 127. The van der Waals surface area contributed by atoms with Crippen molar-refractivity contribution >= 4 is 36.0 Å². The number of amides is 1. The molecule has 0 radical (unpaired) electrons. The average Bonchev–Trinajstić information content (AvgIpc) is 2.90. The molecule has 6 nitrogen and oxygen atoms in total. The third kappa shape index (κ3) is 6.49. The summed E-state index contributed by atoms with van der Waals surface area (Å²) in [7, 11) is 1.76. The summed E-state index contributed by atoms with van der Waals surface area (Å²) in [6.07, 6.45) is 5.10. The monoisotopic (exact) mass is 466 g/mol. The van der Waals surface area contributed by atoms with Gasteiger partial charge in [-0.1, -0.05) is 6.42 Å². The van der Waals surface area contributed by atoms with Gasteiger partial charge in [-0.2, -0.15) is 0 Å². The van der Waals surface area contributed by atoms with E-state index in [1.807, 2.05) is 20.8 Å². The van der Waals surface area contributed by atoms with E-state index < -0.39 is 5.60 Å². The molecule has 2 rings (SSSR count). The van der Waals surface area contributed by atoms with Gasteiger partial charge in [0.05, 0.1) is 6.54 Å². The van der Waals surface area contributed by atoms with Crippen LogP contribution in [0, 0.1) is 5.41 Å². The lowest BCUT2D eigenvalue weighted by molar-refractivity contribution is 0.0304. The highest BCUT2D eigenvalue weighted by Crippen LogP contribution is 2.47. The Morgan fingerprint density at radius 3 is 2.48 bits per heavy atom. The van der Waals surface area contributed by atoms with Crippen LogP contribution in [0.5, 0.6) is 0 Å². The number of likely N-dealkylation sites (tertiary alicyclic amines) is 1. The van der Waals surface area contributed by atoms with E-state index in [1.54, 1.807) is 11.9 Å². The van der Waals surface area contributed by atoms with Crippen LogP contribution in [-0.4, -0.2) is 67.2 Å². The number of likely N-dealkylation sites (N-methyl/N-ethyl adjacent to an activating group) is 1. The van der Waals surface area contributed by atoms with Crippen molar-refractivity contribution < 1.29 is 9.53 Å². The topological polar surface area (TPSA) is 57.2 Å². The van der Waals surface area contributed by atoms with E-state index in [9.17, 15) is 4.79 Å². The number of carbonyl (C=O) groups is 1. The van der Waals surface area contributed by atoms with Gasteiger partial charge in [-0.05, 0) is 52.4 Å². The smallest absolute Gasteiger partial charge is 0.410 e. The molecule has 0 atom stereocenters. The molecular formula is C18H35IN4O2. The maximum Gasteiger partial charge on any atom is 0.410 e. The number of guanidine groups is 1. The number of ether oxygens (including phenoxy) is 1.